The Morgan fingerprint density at radius 3 is 2.83 bits per heavy atom. The molecule has 1 aliphatic heterocycles. The van der Waals surface area contributed by atoms with Crippen LogP contribution >= 0.6 is 11.6 Å². The van der Waals surface area contributed by atoms with Crippen molar-refractivity contribution in [1.29, 1.82) is 5.26 Å². The molecule has 0 bridgehead atoms. The molecular weight excluding hydrogens is 400 g/mol. The Hall–Kier alpha value is -3.77. The van der Waals surface area contributed by atoms with E-state index in [9.17, 15) is 20.2 Å². The molecule has 148 valence electrons. The molecule has 9 nitrogen and oxygen atoms in total. The van der Waals surface area contributed by atoms with Gasteiger partial charge in [0.25, 0.3) is 11.6 Å². The molecule has 10 heteroatoms. The zero-order chi connectivity index (χ0) is 20.8. The fourth-order valence-corrected chi connectivity index (χ4v) is 2.68. The van der Waals surface area contributed by atoms with Gasteiger partial charge in [0.15, 0.2) is 11.5 Å². The number of carbonyl (C=O) groups is 1. The second-order valence-electron chi connectivity index (χ2n) is 5.95. The van der Waals surface area contributed by atoms with Crippen molar-refractivity contribution in [2.45, 2.75) is 6.10 Å². The third-order valence-corrected chi connectivity index (χ3v) is 4.26. The largest absolute Gasteiger partial charge is 0.486 e. The molecule has 1 atom stereocenters. The molecule has 0 fully saturated rings. The van der Waals surface area contributed by atoms with Crippen molar-refractivity contribution in [3.05, 3.63) is 69.4 Å². The Morgan fingerprint density at radius 2 is 2.10 bits per heavy atom. The number of non-ortho nitro benzene ring substituents is 1. The number of carbonyl (C=O) groups excluding carboxylic acids is 1. The second kappa shape index (κ2) is 8.95. The number of hydrogen-bond acceptors (Lipinski definition) is 7. The van der Waals surface area contributed by atoms with E-state index in [4.69, 9.17) is 21.1 Å². The van der Waals surface area contributed by atoms with Crippen molar-refractivity contribution in [2.75, 3.05) is 18.5 Å². The third kappa shape index (κ3) is 4.94. The van der Waals surface area contributed by atoms with Gasteiger partial charge in [-0.15, -0.1) is 0 Å². The fourth-order valence-electron chi connectivity index (χ4n) is 2.52. The van der Waals surface area contributed by atoms with Gasteiger partial charge in [0.05, 0.1) is 22.2 Å². The summed E-state index contributed by atoms with van der Waals surface area (Å²) in [5.74, 6) is 0.520. The Labute approximate surface area is 170 Å². The first-order chi connectivity index (χ1) is 14.0. The highest BCUT2D eigenvalue weighted by Gasteiger charge is 2.20. The first kappa shape index (κ1) is 20.0. The van der Waals surface area contributed by atoms with E-state index in [1.165, 1.54) is 18.3 Å². The number of nitrogens with zero attached hydrogens (tertiary/aromatic N) is 2. The highest BCUT2D eigenvalue weighted by Crippen LogP contribution is 2.30. The van der Waals surface area contributed by atoms with Crippen molar-refractivity contribution in [3.63, 3.8) is 0 Å². The number of hydrogen-bond donors (Lipinski definition) is 2. The number of rotatable bonds is 6. The van der Waals surface area contributed by atoms with Gasteiger partial charge in [-0.2, -0.15) is 5.26 Å². The molecule has 0 aliphatic carbocycles. The molecule has 2 aromatic carbocycles. The van der Waals surface area contributed by atoms with Crippen molar-refractivity contribution < 1.29 is 19.2 Å². The van der Waals surface area contributed by atoms with Crippen LogP contribution in [0.2, 0.25) is 5.02 Å². The Bertz CT molecular complexity index is 1020. The predicted octanol–water partition coefficient (Wildman–Crippen LogP) is 3.02. The molecule has 2 N–H and O–H groups in total. The molecule has 0 radical (unpaired) electrons. The highest BCUT2D eigenvalue weighted by molar-refractivity contribution is 6.34. The summed E-state index contributed by atoms with van der Waals surface area (Å²) in [5.41, 5.74) is -0.433. The normalized spacial score (nSPS) is 15.2. The lowest BCUT2D eigenvalue weighted by Crippen LogP contribution is -2.37. The van der Waals surface area contributed by atoms with E-state index in [-0.39, 0.29) is 28.1 Å². The van der Waals surface area contributed by atoms with Crippen LogP contribution in [-0.4, -0.2) is 30.1 Å². The van der Waals surface area contributed by atoms with Crippen LogP contribution < -0.4 is 20.1 Å². The third-order valence-electron chi connectivity index (χ3n) is 3.93. The number of para-hydroxylation sites is 2. The smallest absolute Gasteiger partial charge is 0.271 e. The Kier molecular flexibility index (Phi) is 6.16. The summed E-state index contributed by atoms with van der Waals surface area (Å²) in [6, 6.07) is 12.7. The van der Waals surface area contributed by atoms with Crippen molar-refractivity contribution in [3.8, 4) is 17.6 Å². The average molecular weight is 415 g/mol. The van der Waals surface area contributed by atoms with Crippen LogP contribution in [0.1, 0.15) is 0 Å². The quantitative estimate of drug-likeness (QED) is 0.322. The Morgan fingerprint density at radius 1 is 1.34 bits per heavy atom. The number of halogens is 1. The maximum atomic E-state index is 12.3. The van der Waals surface area contributed by atoms with E-state index < -0.39 is 10.8 Å². The van der Waals surface area contributed by atoms with Gasteiger partial charge < -0.3 is 20.1 Å². The minimum absolute atomic E-state index is 0.0348. The molecule has 2 aromatic rings. The van der Waals surface area contributed by atoms with Gasteiger partial charge in [-0.1, -0.05) is 23.7 Å². The molecule has 0 saturated carbocycles. The fraction of sp³-hybridized carbons (Fsp3) is 0.158. The first-order valence-corrected chi connectivity index (χ1v) is 8.83. The molecule has 3 rings (SSSR count). The zero-order valence-electron chi connectivity index (χ0n) is 14.9. The number of nitrogens with one attached hydrogen (secondary N) is 2. The number of anilines is 1. The molecule has 1 aliphatic rings. The van der Waals surface area contributed by atoms with Gasteiger partial charge in [-0.3, -0.25) is 14.9 Å². The van der Waals surface area contributed by atoms with Gasteiger partial charge >= 0.3 is 0 Å². The van der Waals surface area contributed by atoms with Gasteiger partial charge in [0.1, 0.15) is 24.4 Å². The standard InChI is InChI=1S/C19H15ClN4O5/c20-15-6-5-13(24(26)27)7-16(15)23-19(25)12(8-21)9-22-10-14-11-28-17-3-1-2-4-18(17)29-14/h1-7,9,14,22H,10-11H2,(H,23,25)/b12-9-. The van der Waals surface area contributed by atoms with Gasteiger partial charge in [0, 0.05) is 18.3 Å². The SMILES string of the molecule is N#C/C(=C/NCC1COc2ccccc2O1)C(=O)Nc1cc([N+](=O)[O-])ccc1Cl. The minimum Gasteiger partial charge on any atom is -0.486 e. The predicted molar refractivity (Wildman–Crippen MR) is 105 cm³/mol. The maximum absolute atomic E-state index is 12.3. The molecule has 0 saturated heterocycles. The lowest BCUT2D eigenvalue weighted by atomic mass is 10.2. The topological polar surface area (TPSA) is 127 Å². The van der Waals surface area contributed by atoms with Crippen molar-refractivity contribution >= 4 is 28.9 Å². The molecule has 0 aromatic heterocycles. The van der Waals surface area contributed by atoms with Crippen LogP contribution in [0.15, 0.2) is 54.2 Å². The van der Waals surface area contributed by atoms with E-state index in [0.29, 0.717) is 24.7 Å². The van der Waals surface area contributed by atoms with Crippen LogP contribution in [0.4, 0.5) is 11.4 Å². The molecular formula is C19H15ClN4O5. The van der Waals surface area contributed by atoms with E-state index in [0.717, 1.165) is 6.07 Å². The number of amides is 1. The molecule has 0 spiro atoms. The lowest BCUT2D eigenvalue weighted by molar-refractivity contribution is -0.384. The summed E-state index contributed by atoms with van der Waals surface area (Å²) in [7, 11) is 0. The van der Waals surface area contributed by atoms with Crippen LogP contribution in [0, 0.1) is 21.4 Å². The van der Waals surface area contributed by atoms with Gasteiger partial charge in [-0.25, -0.2) is 0 Å². The van der Waals surface area contributed by atoms with Crippen LogP contribution in [-0.2, 0) is 4.79 Å². The van der Waals surface area contributed by atoms with E-state index in [2.05, 4.69) is 10.6 Å². The van der Waals surface area contributed by atoms with Crippen LogP contribution in [0.3, 0.4) is 0 Å². The molecule has 29 heavy (non-hydrogen) atoms. The summed E-state index contributed by atoms with van der Waals surface area (Å²) in [4.78, 5) is 22.5. The number of nitro benzene ring substituents is 1. The first-order valence-electron chi connectivity index (χ1n) is 8.45. The number of nitriles is 1. The lowest BCUT2D eigenvalue weighted by Gasteiger charge is -2.26. The summed E-state index contributed by atoms with van der Waals surface area (Å²) in [6.07, 6.45) is 0.931. The Balaban J connectivity index is 1.60. The number of ether oxygens (including phenoxy) is 2. The summed E-state index contributed by atoms with van der Waals surface area (Å²) in [5, 5.41) is 25.5. The highest BCUT2D eigenvalue weighted by atomic mass is 35.5. The zero-order valence-corrected chi connectivity index (χ0v) is 15.7. The van der Waals surface area contributed by atoms with E-state index in [1.807, 2.05) is 12.1 Å². The van der Waals surface area contributed by atoms with Crippen molar-refractivity contribution in [1.82, 2.24) is 5.32 Å². The maximum Gasteiger partial charge on any atom is 0.271 e. The molecule has 1 unspecified atom stereocenters. The number of fused-ring (bicyclic) bond motifs is 1. The van der Waals surface area contributed by atoms with Crippen molar-refractivity contribution in [2.24, 2.45) is 0 Å². The van der Waals surface area contributed by atoms with E-state index in [1.54, 1.807) is 18.2 Å². The van der Waals surface area contributed by atoms with E-state index >= 15 is 0 Å². The summed E-state index contributed by atoms with van der Waals surface area (Å²) >= 11 is 5.95. The second-order valence-corrected chi connectivity index (χ2v) is 6.36. The monoisotopic (exact) mass is 414 g/mol. The average Bonchev–Trinajstić information content (AvgIpc) is 2.72. The molecule has 1 heterocycles. The molecule has 1 amide bonds. The van der Waals surface area contributed by atoms with Gasteiger partial charge in [0.2, 0.25) is 0 Å². The summed E-state index contributed by atoms with van der Waals surface area (Å²) < 4.78 is 11.4. The summed E-state index contributed by atoms with van der Waals surface area (Å²) in [6.45, 7) is 0.611. The van der Waals surface area contributed by atoms with Gasteiger partial charge in [-0.05, 0) is 18.2 Å². The minimum atomic E-state index is -0.756. The van der Waals surface area contributed by atoms with Crippen LogP contribution in [0.5, 0.6) is 11.5 Å². The number of nitro groups is 1. The number of benzene rings is 2. The van der Waals surface area contributed by atoms with Crippen LogP contribution in [0.25, 0.3) is 0 Å².